The van der Waals surface area contributed by atoms with Gasteiger partial charge in [0, 0.05) is 23.8 Å². The largest absolute Gasteiger partial charge is 0.287 e. The predicted molar refractivity (Wildman–Crippen MR) is 149 cm³/mol. The molecule has 2 aromatic rings. The lowest BCUT2D eigenvalue weighted by Crippen LogP contribution is -2.48. The van der Waals surface area contributed by atoms with Gasteiger partial charge in [0.05, 0.1) is 12.6 Å². The normalized spacial score (nSPS) is 11.6. The SMILES string of the molecule is C=C(CC)c1cccc[n+]1CN1CC[N+](C)=C1c1ccc(F)cc1F.CC.CC.CC.CCCC. The lowest BCUT2D eigenvalue weighted by Gasteiger charge is -2.13. The molecule has 0 N–H and O–H groups in total. The number of hydrogen-bond donors (Lipinski definition) is 0. The summed E-state index contributed by atoms with van der Waals surface area (Å²) in [4.78, 5) is 2.11. The highest BCUT2D eigenvalue weighted by atomic mass is 19.1. The fourth-order valence-corrected chi connectivity index (χ4v) is 3.19. The van der Waals surface area contributed by atoms with Crippen molar-refractivity contribution in [3.63, 3.8) is 0 Å². The van der Waals surface area contributed by atoms with Crippen molar-refractivity contribution in [2.45, 2.75) is 88.2 Å². The topological polar surface area (TPSA) is 10.1 Å². The number of pyridine rings is 1. The molecule has 0 saturated heterocycles. The van der Waals surface area contributed by atoms with Crippen LogP contribution in [-0.4, -0.2) is 35.4 Å². The average Bonchev–Trinajstić information content (AvgIpc) is 3.27. The maximum absolute atomic E-state index is 14.3. The lowest BCUT2D eigenvalue weighted by molar-refractivity contribution is -0.714. The molecule has 0 unspecified atom stereocenters. The van der Waals surface area contributed by atoms with E-state index in [2.05, 4.69) is 36.8 Å². The number of rotatable bonds is 6. The van der Waals surface area contributed by atoms with Crippen LogP contribution in [0.15, 0.2) is 49.2 Å². The van der Waals surface area contributed by atoms with Gasteiger partial charge < -0.3 is 0 Å². The van der Waals surface area contributed by atoms with Gasteiger partial charge in [0.2, 0.25) is 5.69 Å². The monoisotopic (exact) mass is 491 g/mol. The van der Waals surface area contributed by atoms with Gasteiger partial charge in [-0.15, -0.1) is 0 Å². The Hall–Kier alpha value is -2.56. The van der Waals surface area contributed by atoms with Crippen molar-refractivity contribution < 1.29 is 17.9 Å². The molecular weight excluding hydrogens is 440 g/mol. The molecule has 0 bridgehead atoms. The van der Waals surface area contributed by atoms with Crippen molar-refractivity contribution in [2.75, 3.05) is 20.1 Å². The van der Waals surface area contributed by atoms with Crippen molar-refractivity contribution in [1.29, 1.82) is 0 Å². The molecule has 3 nitrogen and oxygen atoms in total. The molecule has 1 aromatic heterocycles. The Kier molecular flexibility index (Phi) is 20.5. The Morgan fingerprint density at radius 2 is 1.54 bits per heavy atom. The third-order valence-corrected chi connectivity index (χ3v) is 5.09. The van der Waals surface area contributed by atoms with Gasteiger partial charge in [-0.1, -0.05) is 81.7 Å². The number of unbranched alkanes of at least 4 members (excludes halogenated alkanes) is 1. The van der Waals surface area contributed by atoms with Crippen LogP contribution in [0.25, 0.3) is 5.57 Å². The summed E-state index contributed by atoms with van der Waals surface area (Å²) in [5, 5.41) is 0. The number of aromatic nitrogens is 1. The van der Waals surface area contributed by atoms with E-state index in [0.29, 0.717) is 12.2 Å². The minimum absolute atomic E-state index is 0.425. The van der Waals surface area contributed by atoms with E-state index in [9.17, 15) is 8.78 Å². The first-order valence-corrected chi connectivity index (χ1v) is 13.4. The van der Waals surface area contributed by atoms with Gasteiger partial charge in [0.1, 0.15) is 24.7 Å². The fourth-order valence-electron chi connectivity index (χ4n) is 3.19. The number of hydrogen-bond acceptors (Lipinski definition) is 1. The van der Waals surface area contributed by atoms with Crippen LogP contribution in [-0.2, 0) is 6.67 Å². The predicted octanol–water partition coefficient (Wildman–Crippen LogP) is 7.92. The summed E-state index contributed by atoms with van der Waals surface area (Å²) in [6.07, 6.45) is 5.51. The molecule has 0 radical (unpaired) electrons. The molecule has 35 heavy (non-hydrogen) atoms. The minimum atomic E-state index is -0.562. The second-order valence-corrected chi connectivity index (χ2v) is 7.29. The first-order valence-electron chi connectivity index (χ1n) is 13.4. The Morgan fingerprint density at radius 3 is 2.06 bits per heavy atom. The number of allylic oxidation sites excluding steroid dienone is 1. The standard InChI is InChI=1S/C20H23F2N3.C4H10.3C2H6/c1-4-15(2)19-7-5-6-10-24(19)14-25-12-11-23(3)20(25)17-9-8-16(21)13-18(17)22;1-3-4-2;3*1-2/h5-10,13H,2,4,11-12,14H2,1,3H3;3-4H2,1-2H3;3*1-2H3/q+2;;;;. The first-order chi connectivity index (χ1) is 16.9. The molecule has 0 amide bonds. The molecule has 0 fully saturated rings. The first kappa shape index (κ1) is 34.6. The van der Waals surface area contributed by atoms with Crippen LogP contribution in [0.2, 0.25) is 0 Å². The van der Waals surface area contributed by atoms with Gasteiger partial charge in [0.25, 0.3) is 12.5 Å². The fraction of sp³-hybridized carbons (Fsp3) is 0.533. The zero-order chi connectivity index (χ0) is 27.4. The third-order valence-electron chi connectivity index (χ3n) is 5.09. The average molecular weight is 492 g/mol. The summed E-state index contributed by atoms with van der Waals surface area (Å²) >= 11 is 0. The Bertz CT molecular complexity index is 874. The molecule has 1 aliphatic rings. The summed E-state index contributed by atoms with van der Waals surface area (Å²) < 4.78 is 31.7. The van der Waals surface area contributed by atoms with Crippen molar-refractivity contribution in [3.05, 3.63) is 72.1 Å². The summed E-state index contributed by atoms with van der Waals surface area (Å²) in [7, 11) is 1.93. The molecule has 0 saturated carbocycles. The summed E-state index contributed by atoms with van der Waals surface area (Å²) in [5.74, 6) is -0.320. The summed E-state index contributed by atoms with van der Waals surface area (Å²) in [6, 6.07) is 9.76. The molecule has 2 heterocycles. The number of amidine groups is 1. The quantitative estimate of drug-likeness (QED) is 0.373. The molecule has 5 heteroatoms. The van der Waals surface area contributed by atoms with Crippen LogP contribution < -0.4 is 4.57 Å². The highest BCUT2D eigenvalue weighted by molar-refractivity contribution is 5.95. The van der Waals surface area contributed by atoms with Gasteiger partial charge >= 0.3 is 0 Å². The van der Waals surface area contributed by atoms with Crippen molar-refractivity contribution in [1.82, 2.24) is 4.90 Å². The van der Waals surface area contributed by atoms with Crippen LogP contribution in [0.5, 0.6) is 0 Å². The van der Waals surface area contributed by atoms with E-state index < -0.39 is 11.6 Å². The maximum atomic E-state index is 14.3. The van der Waals surface area contributed by atoms with E-state index in [0.717, 1.165) is 42.7 Å². The van der Waals surface area contributed by atoms with E-state index in [4.69, 9.17) is 0 Å². The van der Waals surface area contributed by atoms with Gasteiger partial charge in [-0.2, -0.15) is 9.47 Å². The number of nitrogens with zero attached hydrogens (tertiary/aromatic N) is 3. The smallest absolute Gasteiger partial charge is 0.260 e. The van der Waals surface area contributed by atoms with Gasteiger partial charge in [0.15, 0.2) is 6.20 Å². The maximum Gasteiger partial charge on any atom is 0.287 e. The van der Waals surface area contributed by atoms with E-state index in [1.807, 2.05) is 77.6 Å². The molecule has 1 aromatic carbocycles. The number of likely N-dealkylation sites (N-methyl/N-ethyl adjacent to an activating group) is 1. The summed E-state index contributed by atoms with van der Waals surface area (Å²) in [5.41, 5.74) is 2.55. The van der Waals surface area contributed by atoms with Crippen LogP contribution in [0.4, 0.5) is 8.78 Å². The van der Waals surface area contributed by atoms with Crippen molar-refractivity contribution >= 4 is 11.4 Å². The third kappa shape index (κ3) is 11.1. The molecule has 0 spiro atoms. The van der Waals surface area contributed by atoms with Crippen LogP contribution in [0.1, 0.15) is 92.8 Å². The number of halogens is 2. The van der Waals surface area contributed by atoms with Gasteiger partial charge in [-0.25, -0.2) is 8.78 Å². The van der Waals surface area contributed by atoms with Gasteiger partial charge in [-0.3, -0.25) is 4.58 Å². The van der Waals surface area contributed by atoms with Crippen molar-refractivity contribution in [3.8, 4) is 0 Å². The zero-order valence-corrected chi connectivity index (χ0v) is 24.1. The van der Waals surface area contributed by atoms with E-state index >= 15 is 0 Å². The van der Waals surface area contributed by atoms with E-state index in [-0.39, 0.29) is 0 Å². The van der Waals surface area contributed by atoms with Crippen molar-refractivity contribution in [2.24, 2.45) is 0 Å². The number of benzene rings is 1. The van der Waals surface area contributed by atoms with E-state index in [1.54, 1.807) is 0 Å². The molecule has 1 aliphatic heterocycles. The molecule has 3 rings (SSSR count). The second-order valence-electron chi connectivity index (χ2n) is 7.29. The van der Waals surface area contributed by atoms with E-state index in [1.165, 1.54) is 25.0 Å². The second kappa shape index (κ2) is 20.8. The van der Waals surface area contributed by atoms with Crippen LogP contribution in [0, 0.1) is 11.6 Å². The Labute approximate surface area is 214 Å². The highest BCUT2D eigenvalue weighted by Crippen LogP contribution is 2.17. The van der Waals surface area contributed by atoms with Crippen LogP contribution >= 0.6 is 0 Å². The minimum Gasteiger partial charge on any atom is -0.260 e. The molecule has 0 aliphatic carbocycles. The molecule has 198 valence electrons. The highest BCUT2D eigenvalue weighted by Gasteiger charge is 2.35. The zero-order valence-electron chi connectivity index (χ0n) is 24.1. The lowest BCUT2D eigenvalue weighted by atomic mass is 10.1. The Morgan fingerprint density at radius 1 is 0.943 bits per heavy atom. The summed E-state index contributed by atoms with van der Waals surface area (Å²) in [6.45, 7) is 24.7. The molecule has 0 atom stereocenters. The molecular formula is C30H51F2N3+2. The van der Waals surface area contributed by atoms with Gasteiger partial charge in [-0.05, 0) is 24.6 Å². The Balaban J connectivity index is 0. The van der Waals surface area contributed by atoms with Crippen LogP contribution in [0.3, 0.4) is 0 Å².